The third-order valence-corrected chi connectivity index (χ3v) is 6.94. The molecule has 0 radical (unpaired) electrons. The van der Waals surface area contributed by atoms with Crippen LogP contribution in [0.25, 0.3) is 0 Å². The van der Waals surface area contributed by atoms with Crippen LogP contribution in [0.5, 0.6) is 0 Å². The van der Waals surface area contributed by atoms with Crippen LogP contribution in [-0.4, -0.2) is 44.2 Å². The number of carboxylic acids is 1. The molecule has 152 valence electrons. The Morgan fingerprint density at radius 2 is 1.72 bits per heavy atom. The highest BCUT2D eigenvalue weighted by atomic mass is 32.2. The molecule has 1 aliphatic rings. The summed E-state index contributed by atoms with van der Waals surface area (Å²) < 4.78 is 0. The largest absolute Gasteiger partial charge is 0.479 e. The zero-order valence-electron chi connectivity index (χ0n) is 16.0. The maximum absolute atomic E-state index is 13.1. The Kier molecular flexibility index (Phi) is 6.70. The summed E-state index contributed by atoms with van der Waals surface area (Å²) in [6, 6.07) is 18.4. The molecule has 7 heteroatoms. The lowest BCUT2D eigenvalue weighted by molar-refractivity contribution is -0.151. The molecule has 1 N–H and O–H groups in total. The lowest BCUT2D eigenvalue weighted by atomic mass is 9.96. The van der Waals surface area contributed by atoms with Gasteiger partial charge in [0.25, 0.3) is 0 Å². The van der Waals surface area contributed by atoms with E-state index in [2.05, 4.69) is 12.6 Å². The zero-order valence-corrected chi connectivity index (χ0v) is 17.7. The first-order valence-corrected chi connectivity index (χ1v) is 10.8. The molecule has 1 heterocycles. The topological polar surface area (TPSA) is 74.7 Å². The van der Waals surface area contributed by atoms with Gasteiger partial charge in [-0.15, -0.1) is 12.6 Å². The summed E-state index contributed by atoms with van der Waals surface area (Å²) in [6.07, 6.45) is 0.240. The highest BCUT2D eigenvalue weighted by Gasteiger charge is 2.52. The smallest absolute Gasteiger partial charge is 0.340 e. The van der Waals surface area contributed by atoms with Crippen molar-refractivity contribution in [2.75, 3.05) is 12.3 Å². The number of likely N-dealkylation sites (tertiary alicyclic amines) is 1. The normalized spacial score (nSPS) is 22.3. The van der Waals surface area contributed by atoms with Crippen LogP contribution in [0.4, 0.5) is 0 Å². The molecule has 1 fully saturated rings. The quantitative estimate of drug-likeness (QED) is 0.681. The molecule has 0 bridgehead atoms. The van der Waals surface area contributed by atoms with Crippen molar-refractivity contribution >= 4 is 41.4 Å². The highest BCUT2D eigenvalue weighted by molar-refractivity contribution is 8.14. The molecular formula is C22H23NO4S2. The van der Waals surface area contributed by atoms with E-state index in [0.717, 1.165) is 17.3 Å². The van der Waals surface area contributed by atoms with E-state index < -0.39 is 16.8 Å². The van der Waals surface area contributed by atoms with Crippen molar-refractivity contribution in [3.63, 3.8) is 0 Å². The molecule has 1 aliphatic heterocycles. The third-order valence-electron chi connectivity index (χ3n) is 5.16. The average molecular weight is 430 g/mol. The molecule has 5 nitrogen and oxygen atoms in total. The maximum atomic E-state index is 13.1. The number of thiol groups is 1. The van der Waals surface area contributed by atoms with Gasteiger partial charge in [-0.2, -0.15) is 0 Å². The number of nitrogens with zero attached hydrogens (tertiary/aromatic N) is 1. The fourth-order valence-corrected chi connectivity index (χ4v) is 4.76. The van der Waals surface area contributed by atoms with Gasteiger partial charge < -0.3 is 10.0 Å². The van der Waals surface area contributed by atoms with Crippen molar-refractivity contribution in [2.45, 2.75) is 24.1 Å². The standard InChI is InChI=1S/C22H23NO4S2/c1-15(14-29-20(25)17-10-6-3-7-11-17)19(24)23-13-18(12-22(23,28)21(26)27)16-8-4-2-5-9-16/h2-11,15,18,28H,12-14H2,1H3,(H,26,27)/t15-,18-,22+/m1/s1. The average Bonchev–Trinajstić information content (AvgIpc) is 3.11. The zero-order chi connectivity index (χ0) is 21.0. The second kappa shape index (κ2) is 9.05. The summed E-state index contributed by atoms with van der Waals surface area (Å²) in [5.41, 5.74) is 1.57. The first-order chi connectivity index (χ1) is 13.8. The van der Waals surface area contributed by atoms with E-state index in [1.807, 2.05) is 36.4 Å². The monoisotopic (exact) mass is 429 g/mol. The predicted octanol–water partition coefficient (Wildman–Crippen LogP) is 3.92. The lowest BCUT2D eigenvalue weighted by Crippen LogP contribution is -2.50. The van der Waals surface area contributed by atoms with E-state index in [4.69, 9.17) is 0 Å². The Morgan fingerprint density at radius 3 is 2.31 bits per heavy atom. The summed E-state index contributed by atoms with van der Waals surface area (Å²) in [5, 5.41) is 9.67. The van der Waals surface area contributed by atoms with Crippen molar-refractivity contribution in [1.82, 2.24) is 4.90 Å². The van der Waals surface area contributed by atoms with E-state index in [1.165, 1.54) is 4.90 Å². The van der Waals surface area contributed by atoms with E-state index >= 15 is 0 Å². The fourth-order valence-electron chi connectivity index (χ4n) is 3.51. The van der Waals surface area contributed by atoms with Crippen LogP contribution in [0.1, 0.15) is 35.2 Å². The molecule has 2 aromatic rings. The van der Waals surface area contributed by atoms with Gasteiger partial charge in [-0.05, 0) is 12.0 Å². The number of carbonyl (C=O) groups is 3. The molecule has 0 spiro atoms. The van der Waals surface area contributed by atoms with Crippen LogP contribution < -0.4 is 0 Å². The van der Waals surface area contributed by atoms with Gasteiger partial charge in [-0.25, -0.2) is 4.79 Å². The van der Waals surface area contributed by atoms with Gasteiger partial charge >= 0.3 is 5.97 Å². The number of amides is 1. The molecule has 3 rings (SSSR count). The number of hydrogen-bond acceptors (Lipinski definition) is 5. The van der Waals surface area contributed by atoms with Crippen molar-refractivity contribution in [3.8, 4) is 0 Å². The molecular weight excluding hydrogens is 406 g/mol. The molecule has 2 aromatic carbocycles. The second-order valence-electron chi connectivity index (χ2n) is 7.25. The van der Waals surface area contributed by atoms with Crippen LogP contribution in [0.15, 0.2) is 60.7 Å². The molecule has 29 heavy (non-hydrogen) atoms. The van der Waals surface area contributed by atoms with Gasteiger partial charge in [-0.1, -0.05) is 79.3 Å². The van der Waals surface area contributed by atoms with Crippen LogP contribution in [0.2, 0.25) is 0 Å². The number of hydrogen-bond donors (Lipinski definition) is 2. The summed E-state index contributed by atoms with van der Waals surface area (Å²) >= 11 is 5.48. The van der Waals surface area contributed by atoms with Crippen LogP contribution in [0.3, 0.4) is 0 Å². The summed E-state index contributed by atoms with van der Waals surface area (Å²) in [7, 11) is 0. The molecule has 1 saturated heterocycles. The maximum Gasteiger partial charge on any atom is 0.340 e. The Hall–Kier alpha value is -2.25. The molecule has 0 unspecified atom stereocenters. The Morgan fingerprint density at radius 1 is 1.14 bits per heavy atom. The van der Waals surface area contributed by atoms with Crippen molar-refractivity contribution in [3.05, 3.63) is 71.8 Å². The predicted molar refractivity (Wildman–Crippen MR) is 117 cm³/mol. The van der Waals surface area contributed by atoms with Gasteiger partial charge in [0.05, 0.1) is 0 Å². The molecule has 0 aliphatic carbocycles. The number of aliphatic carboxylic acids is 1. The first kappa shape index (κ1) is 21.5. The van der Waals surface area contributed by atoms with Gasteiger partial charge in [0.2, 0.25) is 11.0 Å². The van der Waals surface area contributed by atoms with Gasteiger partial charge in [0, 0.05) is 29.7 Å². The van der Waals surface area contributed by atoms with E-state index in [9.17, 15) is 19.5 Å². The minimum Gasteiger partial charge on any atom is -0.479 e. The highest BCUT2D eigenvalue weighted by Crippen LogP contribution is 2.42. The van der Waals surface area contributed by atoms with E-state index in [1.54, 1.807) is 31.2 Å². The Labute approximate surface area is 179 Å². The number of thioether (sulfide) groups is 1. The van der Waals surface area contributed by atoms with Gasteiger partial charge in [-0.3, -0.25) is 9.59 Å². The van der Waals surface area contributed by atoms with Crippen LogP contribution in [0, 0.1) is 5.92 Å². The second-order valence-corrected chi connectivity index (χ2v) is 8.98. The third kappa shape index (κ3) is 4.67. The van der Waals surface area contributed by atoms with Gasteiger partial charge in [0.1, 0.15) is 0 Å². The Bertz CT molecular complexity index is 890. The lowest BCUT2D eigenvalue weighted by Gasteiger charge is -2.32. The number of benzene rings is 2. The number of carboxylic acid groups (broad SMARTS) is 1. The van der Waals surface area contributed by atoms with Crippen LogP contribution in [-0.2, 0) is 9.59 Å². The van der Waals surface area contributed by atoms with Crippen LogP contribution >= 0.6 is 24.4 Å². The van der Waals surface area contributed by atoms with Crippen molar-refractivity contribution in [1.29, 1.82) is 0 Å². The first-order valence-electron chi connectivity index (χ1n) is 9.37. The SMILES string of the molecule is C[C@H](CSC(=O)c1ccccc1)C(=O)N1C[C@H](c2ccccc2)C[C@]1(S)C(=O)O. The summed E-state index contributed by atoms with van der Waals surface area (Å²) in [6.45, 7) is 2.01. The number of carbonyl (C=O) groups excluding carboxylic acids is 2. The number of rotatable bonds is 6. The fraction of sp³-hybridized carbons (Fsp3) is 0.318. The minimum atomic E-state index is -1.56. The van der Waals surface area contributed by atoms with Gasteiger partial charge in [0.15, 0.2) is 4.87 Å². The molecule has 3 atom stereocenters. The Balaban J connectivity index is 1.70. The molecule has 1 amide bonds. The van der Waals surface area contributed by atoms with E-state index in [-0.39, 0.29) is 29.1 Å². The van der Waals surface area contributed by atoms with Crippen molar-refractivity contribution in [2.24, 2.45) is 5.92 Å². The molecule has 0 saturated carbocycles. The van der Waals surface area contributed by atoms with Crippen molar-refractivity contribution < 1.29 is 19.5 Å². The summed E-state index contributed by atoms with van der Waals surface area (Å²) in [5.74, 6) is -1.75. The minimum absolute atomic E-state index is 0.0976. The summed E-state index contributed by atoms with van der Waals surface area (Å²) in [4.78, 5) is 37.1. The molecule has 0 aromatic heterocycles. The van der Waals surface area contributed by atoms with E-state index in [0.29, 0.717) is 12.1 Å².